The summed E-state index contributed by atoms with van der Waals surface area (Å²) >= 11 is 0. The Morgan fingerprint density at radius 3 is 1.01 bits per heavy atom. The molecule has 6 nitrogen and oxygen atoms in total. The van der Waals surface area contributed by atoms with E-state index in [1.807, 2.05) is 0 Å². The van der Waals surface area contributed by atoms with Crippen LogP contribution in [0.1, 0.15) is 380 Å². The van der Waals surface area contributed by atoms with Crippen LogP contribution in [0.2, 0.25) is 0 Å². The number of ether oxygens (including phenoxy) is 1. The molecule has 2 unspecified atom stereocenters. The lowest BCUT2D eigenvalue weighted by Gasteiger charge is -2.22. The lowest BCUT2D eigenvalue weighted by atomic mass is 10.0. The van der Waals surface area contributed by atoms with E-state index in [0.29, 0.717) is 25.9 Å². The van der Waals surface area contributed by atoms with Crippen LogP contribution >= 0.6 is 0 Å². The fraction of sp³-hybridized carbons (Fsp3) is 0.913. The molecule has 0 aliphatic rings. The first kappa shape index (κ1) is 73.3. The fourth-order valence-electron chi connectivity index (χ4n) is 10.8. The third-order valence-electron chi connectivity index (χ3n) is 16.0. The minimum atomic E-state index is -0.669. The normalized spacial score (nSPS) is 12.6. The van der Waals surface area contributed by atoms with Crippen molar-refractivity contribution in [3.63, 3.8) is 0 Å². The van der Waals surface area contributed by atoms with Crippen LogP contribution in [0.5, 0.6) is 0 Å². The van der Waals surface area contributed by atoms with E-state index in [2.05, 4.69) is 43.5 Å². The van der Waals surface area contributed by atoms with Gasteiger partial charge in [-0.3, -0.25) is 9.59 Å². The molecule has 0 heterocycles. The average Bonchev–Trinajstić information content (AvgIpc) is 3.41. The van der Waals surface area contributed by atoms with Crippen molar-refractivity contribution in [3.8, 4) is 0 Å². The number of aliphatic hydroxyl groups is 2. The van der Waals surface area contributed by atoms with Crippen LogP contribution in [0.4, 0.5) is 0 Å². The van der Waals surface area contributed by atoms with Gasteiger partial charge in [0.1, 0.15) is 0 Å². The Morgan fingerprint density at radius 2 is 0.667 bits per heavy atom. The summed E-state index contributed by atoms with van der Waals surface area (Å²) < 4.78 is 5.47. The maximum absolute atomic E-state index is 12.5. The summed E-state index contributed by atoms with van der Waals surface area (Å²) in [6, 6.07) is -0.547. The van der Waals surface area contributed by atoms with Crippen molar-refractivity contribution in [2.75, 3.05) is 13.2 Å². The fourth-order valence-corrected chi connectivity index (χ4v) is 10.8. The molecule has 0 aromatic carbocycles. The number of esters is 1. The smallest absolute Gasteiger partial charge is 0.305 e. The van der Waals surface area contributed by atoms with Crippen LogP contribution in [0.25, 0.3) is 0 Å². The van der Waals surface area contributed by atoms with Crippen LogP contribution in [-0.4, -0.2) is 47.4 Å². The minimum Gasteiger partial charge on any atom is -0.466 e. The summed E-state index contributed by atoms with van der Waals surface area (Å²) in [5.74, 6) is -0.0267. The standard InChI is InChI=1S/C69H133NO5/c1-3-5-7-9-11-13-15-17-18-19-20-26-29-32-35-38-41-45-49-53-57-61-67(72)66(65-71)70-68(73)62-58-54-50-46-42-39-36-33-30-27-24-22-21-23-25-28-31-34-37-40-44-48-52-56-60-64-75-69(74)63-59-55-51-47-43-16-14-12-10-8-6-4-2/h22-25,66-67,71-72H,3-21,26-65H2,1-2H3,(H,70,73)/b24-22-,25-23-. The van der Waals surface area contributed by atoms with Gasteiger partial charge in [0.05, 0.1) is 25.4 Å². The van der Waals surface area contributed by atoms with E-state index >= 15 is 0 Å². The van der Waals surface area contributed by atoms with Crippen molar-refractivity contribution >= 4 is 11.9 Å². The molecular formula is C69H133NO5. The first-order chi connectivity index (χ1) is 37.0. The van der Waals surface area contributed by atoms with Gasteiger partial charge in [-0.1, -0.05) is 334 Å². The third-order valence-corrected chi connectivity index (χ3v) is 16.0. The number of unbranched alkanes of at least 4 members (excludes halogenated alkanes) is 49. The quantitative estimate of drug-likeness (QED) is 0.0320. The SMILES string of the molecule is CCCCCCCCCCCCCCCCCCCCCCCC(O)C(CO)NC(=O)CCCCCCCCCCC/C=C\C/C=C\CCCCCCCCCCCOC(=O)CCCCCCCCCCCCCC. The van der Waals surface area contributed by atoms with Crippen molar-refractivity contribution in [3.05, 3.63) is 24.3 Å². The second kappa shape index (κ2) is 64.9. The highest BCUT2D eigenvalue weighted by molar-refractivity contribution is 5.76. The zero-order chi connectivity index (χ0) is 54.3. The van der Waals surface area contributed by atoms with E-state index in [0.717, 1.165) is 44.9 Å². The summed E-state index contributed by atoms with van der Waals surface area (Å²) in [6.07, 6.45) is 80.7. The number of allylic oxidation sites excluding steroid dienone is 4. The Labute approximate surface area is 469 Å². The number of hydrogen-bond acceptors (Lipinski definition) is 5. The predicted octanol–water partition coefficient (Wildman–Crippen LogP) is 21.8. The van der Waals surface area contributed by atoms with Crippen molar-refractivity contribution in [1.29, 1.82) is 0 Å². The largest absolute Gasteiger partial charge is 0.466 e. The number of aliphatic hydroxyl groups excluding tert-OH is 2. The Hall–Kier alpha value is -1.66. The maximum Gasteiger partial charge on any atom is 0.305 e. The molecule has 6 heteroatoms. The minimum absolute atomic E-state index is 0.0104. The highest BCUT2D eigenvalue weighted by Crippen LogP contribution is 2.18. The lowest BCUT2D eigenvalue weighted by Crippen LogP contribution is -2.45. The number of rotatable bonds is 64. The molecule has 75 heavy (non-hydrogen) atoms. The number of carbonyl (C=O) groups excluding carboxylic acids is 2. The van der Waals surface area contributed by atoms with Gasteiger partial charge < -0.3 is 20.3 Å². The molecule has 1 amide bonds. The summed E-state index contributed by atoms with van der Waals surface area (Å²) in [4.78, 5) is 24.6. The van der Waals surface area contributed by atoms with Crippen molar-refractivity contribution in [1.82, 2.24) is 5.32 Å². The summed E-state index contributed by atoms with van der Waals surface area (Å²) in [7, 11) is 0. The molecule has 3 N–H and O–H groups in total. The van der Waals surface area contributed by atoms with E-state index in [1.54, 1.807) is 0 Å². The van der Waals surface area contributed by atoms with E-state index in [-0.39, 0.29) is 18.5 Å². The van der Waals surface area contributed by atoms with Crippen LogP contribution in [0, 0.1) is 0 Å². The van der Waals surface area contributed by atoms with Crippen LogP contribution in [-0.2, 0) is 14.3 Å². The van der Waals surface area contributed by atoms with Gasteiger partial charge in [0.25, 0.3) is 0 Å². The highest BCUT2D eigenvalue weighted by atomic mass is 16.5. The summed E-state index contributed by atoms with van der Waals surface area (Å²) in [5, 5.41) is 23.4. The van der Waals surface area contributed by atoms with Gasteiger partial charge >= 0.3 is 5.97 Å². The summed E-state index contributed by atoms with van der Waals surface area (Å²) in [6.45, 7) is 4.98. The second-order valence-corrected chi connectivity index (χ2v) is 23.5. The second-order valence-electron chi connectivity index (χ2n) is 23.5. The van der Waals surface area contributed by atoms with Gasteiger partial charge in [-0.2, -0.15) is 0 Å². The van der Waals surface area contributed by atoms with E-state index < -0.39 is 12.1 Å². The first-order valence-corrected chi connectivity index (χ1v) is 34.1. The molecule has 0 saturated carbocycles. The molecule has 0 aromatic heterocycles. The van der Waals surface area contributed by atoms with Crippen molar-refractivity contribution in [2.45, 2.75) is 392 Å². The van der Waals surface area contributed by atoms with Gasteiger partial charge in [-0.15, -0.1) is 0 Å². The van der Waals surface area contributed by atoms with Crippen LogP contribution in [0.3, 0.4) is 0 Å². The number of hydrogen-bond donors (Lipinski definition) is 3. The molecule has 0 aliphatic carbocycles. The van der Waals surface area contributed by atoms with Crippen LogP contribution < -0.4 is 5.32 Å². The molecule has 0 bridgehead atoms. The zero-order valence-corrected chi connectivity index (χ0v) is 50.8. The van der Waals surface area contributed by atoms with E-state index in [4.69, 9.17) is 4.74 Å². The van der Waals surface area contributed by atoms with Crippen molar-refractivity contribution in [2.24, 2.45) is 0 Å². The highest BCUT2D eigenvalue weighted by Gasteiger charge is 2.20. The monoisotopic (exact) mass is 1060 g/mol. The van der Waals surface area contributed by atoms with E-state index in [9.17, 15) is 19.8 Å². The molecule has 0 aliphatic heterocycles. The third kappa shape index (κ3) is 61.4. The molecule has 0 rings (SSSR count). The molecule has 0 aromatic rings. The number of nitrogens with one attached hydrogen (secondary N) is 1. The maximum atomic E-state index is 12.5. The number of carbonyl (C=O) groups is 2. The van der Waals surface area contributed by atoms with Crippen LogP contribution in [0.15, 0.2) is 24.3 Å². The Bertz CT molecular complexity index is 1170. The molecule has 444 valence electrons. The summed E-state index contributed by atoms with van der Waals surface area (Å²) in [5.41, 5.74) is 0. The zero-order valence-electron chi connectivity index (χ0n) is 50.8. The first-order valence-electron chi connectivity index (χ1n) is 34.1. The van der Waals surface area contributed by atoms with Crippen molar-refractivity contribution < 1.29 is 24.5 Å². The molecule has 0 radical (unpaired) electrons. The van der Waals surface area contributed by atoms with E-state index in [1.165, 1.54) is 302 Å². The predicted molar refractivity (Wildman–Crippen MR) is 329 cm³/mol. The van der Waals surface area contributed by atoms with Gasteiger partial charge in [0, 0.05) is 12.8 Å². The molecule has 0 fully saturated rings. The van der Waals surface area contributed by atoms with Gasteiger partial charge in [-0.05, 0) is 57.8 Å². The number of amides is 1. The topological polar surface area (TPSA) is 95.9 Å². The molecular weight excluding hydrogens is 923 g/mol. The van der Waals surface area contributed by atoms with Gasteiger partial charge in [0.2, 0.25) is 5.91 Å². The Kier molecular flexibility index (Phi) is 63.4. The van der Waals surface area contributed by atoms with Gasteiger partial charge in [0.15, 0.2) is 0 Å². The van der Waals surface area contributed by atoms with Gasteiger partial charge in [-0.25, -0.2) is 0 Å². The molecule has 2 atom stereocenters. The lowest BCUT2D eigenvalue weighted by molar-refractivity contribution is -0.143. The molecule has 0 spiro atoms. The Morgan fingerprint density at radius 1 is 0.373 bits per heavy atom. The molecule has 0 saturated heterocycles. The average molecular weight is 1060 g/mol. The Balaban J connectivity index is 3.43.